The quantitative estimate of drug-likeness (QED) is 0.682. The van der Waals surface area contributed by atoms with Crippen LogP contribution in [0.1, 0.15) is 62.7 Å². The minimum atomic E-state index is -0.751. The molecule has 1 aliphatic carbocycles. The van der Waals surface area contributed by atoms with Crippen LogP contribution in [0.5, 0.6) is 11.5 Å². The number of para-hydroxylation sites is 2. The molecule has 6 nitrogen and oxygen atoms in total. The fourth-order valence-electron chi connectivity index (χ4n) is 4.38. The van der Waals surface area contributed by atoms with Crippen LogP contribution in [0.25, 0.3) is 0 Å². The Balaban J connectivity index is 1.51. The highest BCUT2D eigenvalue weighted by molar-refractivity contribution is 6.08. The molecule has 2 aliphatic rings. The number of ether oxygens (including phenoxy) is 2. The normalized spacial score (nSPS) is 18.2. The van der Waals surface area contributed by atoms with Crippen LogP contribution in [0, 0.1) is 0 Å². The van der Waals surface area contributed by atoms with Crippen molar-refractivity contribution < 1.29 is 19.1 Å². The molecule has 32 heavy (non-hydrogen) atoms. The van der Waals surface area contributed by atoms with Gasteiger partial charge in [-0.15, -0.1) is 0 Å². The lowest BCUT2D eigenvalue weighted by Crippen LogP contribution is -2.52. The summed E-state index contributed by atoms with van der Waals surface area (Å²) < 4.78 is 12.0. The second-order valence-corrected chi connectivity index (χ2v) is 8.56. The highest BCUT2D eigenvalue weighted by atomic mass is 16.5. The summed E-state index contributed by atoms with van der Waals surface area (Å²) in [6.07, 6.45) is 5.83. The van der Waals surface area contributed by atoms with Crippen molar-refractivity contribution in [2.24, 2.45) is 0 Å². The third kappa shape index (κ3) is 4.90. The molecule has 4 rings (SSSR count). The Morgan fingerprint density at radius 2 is 1.75 bits per heavy atom. The molecule has 0 radical (unpaired) electrons. The molecule has 0 spiro atoms. The first-order valence-corrected chi connectivity index (χ1v) is 11.7. The molecule has 6 heteroatoms. The minimum absolute atomic E-state index is 0.0971. The number of nitrogens with one attached hydrogen (secondary N) is 1. The van der Waals surface area contributed by atoms with Gasteiger partial charge in [-0.3, -0.25) is 9.59 Å². The fraction of sp³-hybridized carbons (Fsp3) is 0.462. The molecular weight excluding hydrogens is 404 g/mol. The molecule has 1 unspecified atom stereocenters. The number of hydrogen-bond donors (Lipinski definition) is 1. The molecule has 0 saturated heterocycles. The Labute approximate surface area is 189 Å². The van der Waals surface area contributed by atoms with E-state index in [-0.39, 0.29) is 30.5 Å². The van der Waals surface area contributed by atoms with E-state index in [2.05, 4.69) is 5.32 Å². The molecule has 1 N–H and O–H groups in total. The highest BCUT2D eigenvalue weighted by Gasteiger charge is 2.34. The van der Waals surface area contributed by atoms with Crippen molar-refractivity contribution in [3.05, 3.63) is 54.1 Å². The lowest BCUT2D eigenvalue weighted by Gasteiger charge is -2.34. The van der Waals surface area contributed by atoms with E-state index in [4.69, 9.17) is 9.47 Å². The van der Waals surface area contributed by atoms with Crippen LogP contribution < -0.4 is 19.7 Å². The highest BCUT2D eigenvalue weighted by Crippen LogP contribution is 2.34. The van der Waals surface area contributed by atoms with Gasteiger partial charge in [-0.05, 0) is 74.9 Å². The summed E-state index contributed by atoms with van der Waals surface area (Å²) in [6, 6.07) is 14.8. The first kappa shape index (κ1) is 22.2. The lowest BCUT2D eigenvalue weighted by molar-refractivity contribution is -0.128. The van der Waals surface area contributed by atoms with Gasteiger partial charge in [0.25, 0.3) is 11.8 Å². The number of carbonyl (C=O) groups excluding carboxylic acids is 2. The maximum Gasteiger partial charge on any atom is 0.263 e. The van der Waals surface area contributed by atoms with Crippen LogP contribution in [0.4, 0.5) is 5.69 Å². The SMILES string of the molecule is CCC(CC)NC(=O)C1CN(C(=O)c2ccc(OC3CCCC3)cc2)c2ccccc2O1. The molecule has 0 aromatic heterocycles. The largest absolute Gasteiger partial charge is 0.490 e. The molecule has 1 heterocycles. The number of nitrogens with zero attached hydrogens (tertiary/aromatic N) is 1. The number of anilines is 1. The zero-order chi connectivity index (χ0) is 22.5. The van der Waals surface area contributed by atoms with Crippen molar-refractivity contribution in [3.8, 4) is 11.5 Å². The molecule has 1 fully saturated rings. The Bertz CT molecular complexity index is 933. The van der Waals surface area contributed by atoms with Gasteiger partial charge in [0.15, 0.2) is 6.10 Å². The van der Waals surface area contributed by atoms with Gasteiger partial charge in [0.2, 0.25) is 0 Å². The van der Waals surface area contributed by atoms with Crippen molar-refractivity contribution in [2.75, 3.05) is 11.4 Å². The van der Waals surface area contributed by atoms with Crippen molar-refractivity contribution in [2.45, 2.75) is 70.6 Å². The zero-order valence-electron chi connectivity index (χ0n) is 18.9. The molecule has 1 atom stereocenters. The number of carbonyl (C=O) groups is 2. The van der Waals surface area contributed by atoms with E-state index < -0.39 is 6.10 Å². The van der Waals surface area contributed by atoms with Gasteiger partial charge in [-0.25, -0.2) is 0 Å². The maximum atomic E-state index is 13.4. The van der Waals surface area contributed by atoms with Gasteiger partial charge >= 0.3 is 0 Å². The van der Waals surface area contributed by atoms with Crippen molar-refractivity contribution in [3.63, 3.8) is 0 Å². The third-order valence-electron chi connectivity index (χ3n) is 6.35. The second kappa shape index (κ2) is 10.1. The van der Waals surface area contributed by atoms with Crippen molar-refractivity contribution in [1.82, 2.24) is 5.32 Å². The third-order valence-corrected chi connectivity index (χ3v) is 6.35. The Morgan fingerprint density at radius 1 is 1.06 bits per heavy atom. The predicted molar refractivity (Wildman–Crippen MR) is 124 cm³/mol. The predicted octanol–water partition coefficient (Wildman–Crippen LogP) is 4.72. The Hall–Kier alpha value is -3.02. The number of hydrogen-bond acceptors (Lipinski definition) is 4. The average Bonchev–Trinajstić information content (AvgIpc) is 3.34. The molecular formula is C26H32N2O4. The summed E-state index contributed by atoms with van der Waals surface area (Å²) in [5.41, 5.74) is 1.23. The Morgan fingerprint density at radius 3 is 2.44 bits per heavy atom. The smallest absolute Gasteiger partial charge is 0.263 e. The zero-order valence-corrected chi connectivity index (χ0v) is 18.9. The molecule has 170 valence electrons. The van der Waals surface area contributed by atoms with E-state index in [1.807, 2.05) is 44.2 Å². The van der Waals surface area contributed by atoms with Gasteiger partial charge in [-0.2, -0.15) is 0 Å². The van der Waals surface area contributed by atoms with E-state index in [1.54, 1.807) is 23.1 Å². The first-order valence-electron chi connectivity index (χ1n) is 11.7. The number of rotatable bonds is 7. The van der Waals surface area contributed by atoms with Crippen molar-refractivity contribution >= 4 is 17.5 Å². The first-order chi connectivity index (χ1) is 15.6. The van der Waals surface area contributed by atoms with Crippen LogP contribution >= 0.6 is 0 Å². The van der Waals surface area contributed by atoms with Gasteiger partial charge in [0.05, 0.1) is 18.3 Å². The summed E-state index contributed by atoms with van der Waals surface area (Å²) in [5, 5.41) is 3.04. The van der Waals surface area contributed by atoms with Crippen LogP contribution in [-0.4, -0.2) is 36.6 Å². The molecule has 2 aromatic carbocycles. The van der Waals surface area contributed by atoms with Gasteiger partial charge < -0.3 is 19.7 Å². The van der Waals surface area contributed by atoms with E-state index in [1.165, 1.54) is 12.8 Å². The average molecular weight is 437 g/mol. The monoisotopic (exact) mass is 436 g/mol. The van der Waals surface area contributed by atoms with Crippen LogP contribution in [0.2, 0.25) is 0 Å². The topological polar surface area (TPSA) is 67.9 Å². The molecule has 2 aromatic rings. The van der Waals surface area contributed by atoms with E-state index in [0.717, 1.165) is 31.4 Å². The van der Waals surface area contributed by atoms with Gasteiger partial charge in [-0.1, -0.05) is 26.0 Å². The summed E-state index contributed by atoms with van der Waals surface area (Å²) in [7, 11) is 0. The molecule has 0 bridgehead atoms. The summed E-state index contributed by atoms with van der Waals surface area (Å²) in [6.45, 7) is 4.25. The summed E-state index contributed by atoms with van der Waals surface area (Å²) >= 11 is 0. The number of fused-ring (bicyclic) bond motifs is 1. The van der Waals surface area contributed by atoms with Crippen LogP contribution in [0.15, 0.2) is 48.5 Å². The van der Waals surface area contributed by atoms with E-state index in [9.17, 15) is 9.59 Å². The van der Waals surface area contributed by atoms with Gasteiger partial charge in [0, 0.05) is 11.6 Å². The number of amides is 2. The lowest BCUT2D eigenvalue weighted by atomic mass is 10.1. The van der Waals surface area contributed by atoms with Crippen LogP contribution in [0.3, 0.4) is 0 Å². The van der Waals surface area contributed by atoms with E-state index in [0.29, 0.717) is 17.0 Å². The van der Waals surface area contributed by atoms with E-state index >= 15 is 0 Å². The molecule has 2 amide bonds. The minimum Gasteiger partial charge on any atom is -0.490 e. The maximum absolute atomic E-state index is 13.4. The van der Waals surface area contributed by atoms with Crippen molar-refractivity contribution in [1.29, 1.82) is 0 Å². The fourth-order valence-corrected chi connectivity index (χ4v) is 4.38. The van der Waals surface area contributed by atoms with Crippen LogP contribution in [-0.2, 0) is 4.79 Å². The summed E-state index contributed by atoms with van der Waals surface area (Å²) in [5.74, 6) is 0.982. The summed E-state index contributed by atoms with van der Waals surface area (Å²) in [4.78, 5) is 27.9. The standard InChI is InChI=1S/C26H32N2O4/c1-3-19(4-2)27-25(29)24-17-28(22-11-7-8-12-23(22)32-24)26(30)18-13-15-21(16-14-18)31-20-9-5-6-10-20/h7-8,11-16,19-20,24H,3-6,9-10,17H2,1-2H3,(H,27,29). The molecule has 1 aliphatic heterocycles. The number of benzene rings is 2. The second-order valence-electron chi connectivity index (χ2n) is 8.56. The Kier molecular flexibility index (Phi) is 6.98. The molecule has 1 saturated carbocycles. The van der Waals surface area contributed by atoms with Gasteiger partial charge in [0.1, 0.15) is 11.5 Å².